The van der Waals surface area contributed by atoms with Crippen LogP contribution >= 0.6 is 0 Å². The Morgan fingerprint density at radius 1 is 1.32 bits per heavy atom. The minimum Gasteiger partial charge on any atom is -0.391 e. The second kappa shape index (κ2) is 6.44. The topological polar surface area (TPSA) is 45.1 Å². The van der Waals surface area contributed by atoms with Crippen LogP contribution in [0.25, 0.3) is 0 Å². The molecule has 1 aromatic rings. The maximum atomic E-state index is 12.9. The van der Waals surface area contributed by atoms with Crippen LogP contribution in [0.5, 0.6) is 0 Å². The van der Waals surface area contributed by atoms with Crippen LogP contribution in [-0.2, 0) is 0 Å². The van der Waals surface area contributed by atoms with Gasteiger partial charge in [-0.1, -0.05) is 34.6 Å². The number of hydrogen-bond acceptors (Lipinski definition) is 3. The van der Waals surface area contributed by atoms with Crippen LogP contribution < -0.4 is 5.32 Å². The molecule has 0 bridgehead atoms. The SMILES string of the molecule is CC(C)C(NCC(O)C(C)(C)C)c1ccc(F)cn1. The zero-order chi connectivity index (χ0) is 14.6. The monoisotopic (exact) mass is 268 g/mol. The first-order valence-corrected chi connectivity index (χ1v) is 6.74. The van der Waals surface area contributed by atoms with E-state index in [9.17, 15) is 9.50 Å². The molecule has 0 saturated carbocycles. The van der Waals surface area contributed by atoms with Gasteiger partial charge in [-0.05, 0) is 23.5 Å². The van der Waals surface area contributed by atoms with E-state index in [0.29, 0.717) is 12.5 Å². The lowest BCUT2D eigenvalue weighted by Crippen LogP contribution is -2.39. The van der Waals surface area contributed by atoms with Crippen molar-refractivity contribution in [3.63, 3.8) is 0 Å². The predicted molar refractivity (Wildman–Crippen MR) is 75.2 cm³/mol. The molecule has 0 aliphatic rings. The van der Waals surface area contributed by atoms with Gasteiger partial charge in [-0.15, -0.1) is 0 Å². The summed E-state index contributed by atoms with van der Waals surface area (Å²) in [6, 6.07) is 3.12. The summed E-state index contributed by atoms with van der Waals surface area (Å²) in [4.78, 5) is 4.12. The lowest BCUT2D eigenvalue weighted by molar-refractivity contribution is 0.0586. The van der Waals surface area contributed by atoms with Crippen molar-refractivity contribution < 1.29 is 9.50 Å². The minimum atomic E-state index is -0.436. The highest BCUT2D eigenvalue weighted by atomic mass is 19.1. The zero-order valence-electron chi connectivity index (χ0n) is 12.4. The van der Waals surface area contributed by atoms with E-state index in [1.165, 1.54) is 12.3 Å². The summed E-state index contributed by atoms with van der Waals surface area (Å²) < 4.78 is 12.9. The molecule has 0 saturated heterocycles. The number of pyridine rings is 1. The van der Waals surface area contributed by atoms with Gasteiger partial charge in [0.05, 0.1) is 24.0 Å². The van der Waals surface area contributed by atoms with Gasteiger partial charge >= 0.3 is 0 Å². The van der Waals surface area contributed by atoms with Crippen molar-refractivity contribution in [3.8, 4) is 0 Å². The molecule has 19 heavy (non-hydrogen) atoms. The maximum absolute atomic E-state index is 12.9. The van der Waals surface area contributed by atoms with Crippen LogP contribution in [0.1, 0.15) is 46.4 Å². The molecule has 108 valence electrons. The molecule has 0 aromatic carbocycles. The van der Waals surface area contributed by atoms with Crippen LogP contribution in [0, 0.1) is 17.2 Å². The first-order valence-electron chi connectivity index (χ1n) is 6.74. The van der Waals surface area contributed by atoms with Crippen LogP contribution in [0.2, 0.25) is 0 Å². The molecule has 1 aromatic heterocycles. The Balaban J connectivity index is 2.72. The molecule has 1 heterocycles. The highest BCUT2D eigenvalue weighted by Gasteiger charge is 2.24. The molecule has 0 radical (unpaired) electrons. The molecule has 1 rings (SSSR count). The quantitative estimate of drug-likeness (QED) is 0.863. The third-order valence-electron chi connectivity index (χ3n) is 3.27. The predicted octanol–water partition coefficient (Wildman–Crippen LogP) is 2.91. The molecule has 0 fully saturated rings. The molecule has 0 spiro atoms. The van der Waals surface area contributed by atoms with Crippen molar-refractivity contribution in [2.24, 2.45) is 11.3 Å². The number of aromatic nitrogens is 1. The van der Waals surface area contributed by atoms with Gasteiger partial charge in [-0.25, -0.2) is 4.39 Å². The van der Waals surface area contributed by atoms with Crippen molar-refractivity contribution >= 4 is 0 Å². The number of hydrogen-bond donors (Lipinski definition) is 2. The van der Waals surface area contributed by atoms with Crippen molar-refractivity contribution in [2.75, 3.05) is 6.54 Å². The maximum Gasteiger partial charge on any atom is 0.141 e. The first-order chi connectivity index (χ1) is 8.71. The molecule has 0 aliphatic carbocycles. The van der Waals surface area contributed by atoms with Crippen molar-refractivity contribution in [3.05, 3.63) is 29.8 Å². The van der Waals surface area contributed by atoms with Crippen LogP contribution in [-0.4, -0.2) is 22.7 Å². The lowest BCUT2D eigenvalue weighted by Gasteiger charge is -2.29. The average molecular weight is 268 g/mol. The summed E-state index contributed by atoms with van der Waals surface area (Å²) in [5.41, 5.74) is 0.641. The number of halogens is 1. The van der Waals surface area contributed by atoms with Gasteiger partial charge in [-0.2, -0.15) is 0 Å². The second-order valence-corrected chi connectivity index (χ2v) is 6.41. The lowest BCUT2D eigenvalue weighted by atomic mass is 9.88. The minimum absolute atomic E-state index is 0.0117. The van der Waals surface area contributed by atoms with E-state index in [0.717, 1.165) is 5.69 Å². The third-order valence-corrected chi connectivity index (χ3v) is 3.27. The Morgan fingerprint density at radius 3 is 2.37 bits per heavy atom. The van der Waals surface area contributed by atoms with Crippen LogP contribution in [0.3, 0.4) is 0 Å². The highest BCUT2D eigenvalue weighted by Crippen LogP contribution is 2.22. The molecule has 4 heteroatoms. The summed E-state index contributed by atoms with van der Waals surface area (Å²) in [6.45, 7) is 10.6. The Bertz CT molecular complexity index is 384. The number of aliphatic hydroxyl groups is 1. The summed E-state index contributed by atoms with van der Waals surface area (Å²) in [7, 11) is 0. The van der Waals surface area contributed by atoms with Crippen LogP contribution in [0.15, 0.2) is 18.3 Å². The Labute approximate surface area is 115 Å². The van der Waals surface area contributed by atoms with Crippen molar-refractivity contribution in [1.82, 2.24) is 10.3 Å². The molecule has 2 N–H and O–H groups in total. The van der Waals surface area contributed by atoms with E-state index in [1.54, 1.807) is 6.07 Å². The van der Waals surface area contributed by atoms with E-state index < -0.39 is 6.10 Å². The first kappa shape index (κ1) is 16.1. The molecule has 2 atom stereocenters. The van der Waals surface area contributed by atoms with Gasteiger partial charge < -0.3 is 10.4 Å². The number of nitrogens with zero attached hydrogens (tertiary/aromatic N) is 1. The highest BCUT2D eigenvalue weighted by molar-refractivity contribution is 5.10. The molecular weight excluding hydrogens is 243 g/mol. The fourth-order valence-electron chi connectivity index (χ4n) is 1.80. The van der Waals surface area contributed by atoms with Gasteiger partial charge in [0.2, 0.25) is 0 Å². The fourth-order valence-corrected chi connectivity index (χ4v) is 1.80. The Hall–Kier alpha value is -1.00. The number of nitrogens with one attached hydrogen (secondary N) is 1. The van der Waals surface area contributed by atoms with E-state index in [-0.39, 0.29) is 17.3 Å². The Morgan fingerprint density at radius 2 is 1.95 bits per heavy atom. The molecule has 3 nitrogen and oxygen atoms in total. The fraction of sp³-hybridized carbons (Fsp3) is 0.667. The number of aliphatic hydroxyl groups excluding tert-OH is 1. The zero-order valence-corrected chi connectivity index (χ0v) is 12.4. The van der Waals surface area contributed by atoms with Gasteiger partial charge in [-0.3, -0.25) is 4.98 Å². The molecule has 0 aliphatic heterocycles. The third kappa shape index (κ3) is 4.88. The van der Waals surface area contributed by atoms with Gasteiger partial charge in [0.25, 0.3) is 0 Å². The Kier molecular flexibility index (Phi) is 5.44. The van der Waals surface area contributed by atoms with E-state index in [2.05, 4.69) is 24.1 Å². The van der Waals surface area contributed by atoms with Gasteiger partial charge in [0, 0.05) is 6.54 Å². The smallest absolute Gasteiger partial charge is 0.141 e. The van der Waals surface area contributed by atoms with Gasteiger partial charge in [0.1, 0.15) is 5.82 Å². The summed E-state index contributed by atoms with van der Waals surface area (Å²) in [6.07, 6.45) is 0.793. The van der Waals surface area contributed by atoms with E-state index in [4.69, 9.17) is 0 Å². The molecule has 2 unspecified atom stereocenters. The van der Waals surface area contributed by atoms with Crippen LogP contribution in [0.4, 0.5) is 4.39 Å². The van der Waals surface area contributed by atoms with E-state index in [1.807, 2.05) is 20.8 Å². The summed E-state index contributed by atoms with van der Waals surface area (Å²) >= 11 is 0. The summed E-state index contributed by atoms with van der Waals surface area (Å²) in [5.74, 6) is -0.0221. The second-order valence-electron chi connectivity index (χ2n) is 6.41. The van der Waals surface area contributed by atoms with E-state index >= 15 is 0 Å². The summed E-state index contributed by atoms with van der Waals surface area (Å²) in [5, 5.41) is 13.4. The van der Waals surface area contributed by atoms with Gasteiger partial charge in [0.15, 0.2) is 0 Å². The molecule has 0 amide bonds. The largest absolute Gasteiger partial charge is 0.391 e. The van der Waals surface area contributed by atoms with Crippen molar-refractivity contribution in [2.45, 2.75) is 46.8 Å². The molecular formula is C15H25FN2O. The van der Waals surface area contributed by atoms with Crippen molar-refractivity contribution in [1.29, 1.82) is 0 Å². The number of rotatable bonds is 5. The standard InChI is InChI=1S/C15H25FN2O/c1-10(2)14(12-7-6-11(16)8-17-12)18-9-13(19)15(3,4)5/h6-8,10,13-14,18-19H,9H2,1-5H3. The normalized spacial score (nSPS) is 15.6. The average Bonchev–Trinajstić information content (AvgIpc) is 2.29.